The maximum Gasteiger partial charge on any atom is 0.141 e. The Hall–Kier alpha value is -2.16. The van der Waals surface area contributed by atoms with Crippen LogP contribution in [0, 0.1) is 6.92 Å². The average Bonchev–Trinajstić information content (AvgIpc) is 2.79. The zero-order valence-corrected chi connectivity index (χ0v) is 11.5. The van der Waals surface area contributed by atoms with E-state index < -0.39 is 0 Å². The van der Waals surface area contributed by atoms with Gasteiger partial charge in [0.1, 0.15) is 11.6 Å². The lowest BCUT2D eigenvalue weighted by molar-refractivity contribution is 0.750. The van der Waals surface area contributed by atoms with E-state index in [2.05, 4.69) is 48.5 Å². The molecule has 0 aliphatic carbocycles. The summed E-state index contributed by atoms with van der Waals surface area (Å²) < 4.78 is 2.18. The van der Waals surface area contributed by atoms with Crippen LogP contribution in [0.3, 0.4) is 0 Å². The number of para-hydroxylation sites is 2. The van der Waals surface area contributed by atoms with Crippen LogP contribution in [0.15, 0.2) is 42.6 Å². The number of nitrogens with zero attached hydrogens (tertiary/aromatic N) is 3. The Labute approximate surface area is 112 Å². The Balaban J connectivity index is 2.38. The standard InChI is InChI=1S/C16H17N3/c1-11(2)15-18-13-8-4-5-9-14(13)19(15)16-12(3)7-6-10-17-16/h4-11H,1-3H3. The molecule has 0 saturated carbocycles. The van der Waals surface area contributed by atoms with Gasteiger partial charge in [0.25, 0.3) is 0 Å². The van der Waals surface area contributed by atoms with Crippen LogP contribution in [0.5, 0.6) is 0 Å². The molecule has 1 aromatic carbocycles. The van der Waals surface area contributed by atoms with E-state index in [1.165, 1.54) is 0 Å². The molecule has 2 aromatic heterocycles. The molecule has 0 bridgehead atoms. The molecular formula is C16H17N3. The second-order valence-electron chi connectivity index (χ2n) is 5.09. The maximum absolute atomic E-state index is 4.75. The SMILES string of the molecule is Cc1cccnc1-n1c(C(C)C)nc2ccccc21. The molecule has 0 spiro atoms. The van der Waals surface area contributed by atoms with E-state index in [4.69, 9.17) is 4.98 Å². The lowest BCUT2D eigenvalue weighted by atomic mass is 10.2. The lowest BCUT2D eigenvalue weighted by Crippen LogP contribution is -2.06. The quantitative estimate of drug-likeness (QED) is 0.692. The van der Waals surface area contributed by atoms with Crippen molar-refractivity contribution in [2.75, 3.05) is 0 Å². The summed E-state index contributed by atoms with van der Waals surface area (Å²) in [5.74, 6) is 2.39. The van der Waals surface area contributed by atoms with Crippen molar-refractivity contribution < 1.29 is 0 Å². The van der Waals surface area contributed by atoms with E-state index in [9.17, 15) is 0 Å². The number of benzene rings is 1. The van der Waals surface area contributed by atoms with Gasteiger partial charge in [-0.2, -0.15) is 0 Å². The van der Waals surface area contributed by atoms with Crippen LogP contribution >= 0.6 is 0 Å². The van der Waals surface area contributed by atoms with Crippen molar-refractivity contribution in [3.05, 3.63) is 54.0 Å². The molecule has 3 heteroatoms. The van der Waals surface area contributed by atoms with E-state index in [0.717, 1.165) is 28.2 Å². The number of pyridine rings is 1. The fraction of sp³-hybridized carbons (Fsp3) is 0.250. The molecule has 0 saturated heterocycles. The topological polar surface area (TPSA) is 30.7 Å². The molecule has 2 heterocycles. The van der Waals surface area contributed by atoms with Crippen molar-refractivity contribution in [3.63, 3.8) is 0 Å². The minimum absolute atomic E-state index is 0.355. The third-order valence-electron chi connectivity index (χ3n) is 3.30. The van der Waals surface area contributed by atoms with E-state index in [1.807, 2.05) is 24.4 Å². The Kier molecular flexibility index (Phi) is 2.82. The lowest BCUT2D eigenvalue weighted by Gasteiger charge is -2.12. The smallest absolute Gasteiger partial charge is 0.141 e. The Morgan fingerprint density at radius 2 is 1.84 bits per heavy atom. The summed E-state index contributed by atoms with van der Waals surface area (Å²) in [5, 5.41) is 0. The molecule has 0 aliphatic rings. The molecule has 0 amide bonds. The molecule has 3 rings (SSSR count). The number of hydrogen-bond donors (Lipinski definition) is 0. The van der Waals surface area contributed by atoms with Gasteiger partial charge in [0.15, 0.2) is 0 Å². The van der Waals surface area contributed by atoms with Crippen LogP contribution in [0.1, 0.15) is 31.2 Å². The predicted molar refractivity (Wildman–Crippen MR) is 77.7 cm³/mol. The van der Waals surface area contributed by atoms with E-state index in [1.54, 1.807) is 0 Å². The molecule has 0 atom stereocenters. The first kappa shape index (κ1) is 11.9. The van der Waals surface area contributed by atoms with Crippen LogP contribution in [0.4, 0.5) is 0 Å². The van der Waals surface area contributed by atoms with Gasteiger partial charge in [-0.05, 0) is 30.7 Å². The maximum atomic E-state index is 4.75. The third-order valence-corrected chi connectivity index (χ3v) is 3.30. The van der Waals surface area contributed by atoms with Crippen molar-refractivity contribution in [2.45, 2.75) is 26.7 Å². The van der Waals surface area contributed by atoms with Crippen LogP contribution in [0.25, 0.3) is 16.9 Å². The molecule has 0 aliphatic heterocycles. The Morgan fingerprint density at radius 3 is 2.58 bits per heavy atom. The zero-order valence-electron chi connectivity index (χ0n) is 11.5. The van der Waals surface area contributed by atoms with Gasteiger partial charge in [0.05, 0.1) is 11.0 Å². The van der Waals surface area contributed by atoms with Gasteiger partial charge in [-0.15, -0.1) is 0 Å². The second kappa shape index (κ2) is 4.50. The number of fused-ring (bicyclic) bond motifs is 1. The predicted octanol–water partition coefficient (Wildman–Crippen LogP) is 3.85. The van der Waals surface area contributed by atoms with E-state index in [0.29, 0.717) is 5.92 Å². The first-order valence-corrected chi connectivity index (χ1v) is 6.58. The summed E-state index contributed by atoms with van der Waals surface area (Å²) in [7, 11) is 0. The first-order valence-electron chi connectivity index (χ1n) is 6.58. The third kappa shape index (κ3) is 1.91. The van der Waals surface area contributed by atoms with Gasteiger partial charge >= 0.3 is 0 Å². The molecule has 19 heavy (non-hydrogen) atoms. The average molecular weight is 251 g/mol. The summed E-state index contributed by atoms with van der Waals surface area (Å²) >= 11 is 0. The molecular weight excluding hydrogens is 234 g/mol. The molecule has 0 unspecified atom stereocenters. The summed E-state index contributed by atoms with van der Waals surface area (Å²) in [5.41, 5.74) is 3.30. The van der Waals surface area contributed by atoms with Crippen LogP contribution in [-0.4, -0.2) is 14.5 Å². The van der Waals surface area contributed by atoms with Gasteiger partial charge in [-0.1, -0.05) is 32.0 Å². The van der Waals surface area contributed by atoms with Crippen molar-refractivity contribution in [1.29, 1.82) is 0 Å². The zero-order chi connectivity index (χ0) is 13.4. The molecule has 3 nitrogen and oxygen atoms in total. The van der Waals surface area contributed by atoms with E-state index in [-0.39, 0.29) is 0 Å². The minimum atomic E-state index is 0.355. The first-order chi connectivity index (χ1) is 9.18. The Morgan fingerprint density at radius 1 is 1.05 bits per heavy atom. The van der Waals surface area contributed by atoms with Crippen LogP contribution in [-0.2, 0) is 0 Å². The highest BCUT2D eigenvalue weighted by molar-refractivity contribution is 5.78. The molecule has 0 radical (unpaired) electrons. The van der Waals surface area contributed by atoms with Gasteiger partial charge in [-0.25, -0.2) is 9.97 Å². The van der Waals surface area contributed by atoms with Gasteiger partial charge < -0.3 is 0 Å². The largest absolute Gasteiger partial charge is 0.280 e. The molecule has 3 aromatic rings. The number of aromatic nitrogens is 3. The Bertz CT molecular complexity index is 726. The minimum Gasteiger partial charge on any atom is -0.280 e. The fourth-order valence-electron chi connectivity index (χ4n) is 2.37. The number of aryl methyl sites for hydroxylation is 1. The van der Waals surface area contributed by atoms with E-state index >= 15 is 0 Å². The summed E-state index contributed by atoms with van der Waals surface area (Å²) in [4.78, 5) is 9.29. The van der Waals surface area contributed by atoms with Crippen LogP contribution < -0.4 is 0 Å². The highest BCUT2D eigenvalue weighted by Crippen LogP contribution is 2.26. The second-order valence-corrected chi connectivity index (χ2v) is 5.09. The highest BCUT2D eigenvalue weighted by atomic mass is 15.1. The van der Waals surface area contributed by atoms with Gasteiger partial charge in [-0.3, -0.25) is 4.57 Å². The monoisotopic (exact) mass is 251 g/mol. The summed E-state index contributed by atoms with van der Waals surface area (Å²) in [6.07, 6.45) is 1.83. The van der Waals surface area contributed by atoms with Crippen LogP contribution in [0.2, 0.25) is 0 Å². The van der Waals surface area contributed by atoms with Gasteiger partial charge in [0.2, 0.25) is 0 Å². The highest BCUT2D eigenvalue weighted by Gasteiger charge is 2.16. The molecule has 0 fully saturated rings. The fourth-order valence-corrected chi connectivity index (χ4v) is 2.37. The number of hydrogen-bond acceptors (Lipinski definition) is 2. The molecule has 96 valence electrons. The summed E-state index contributed by atoms with van der Waals surface area (Å²) in [6.45, 7) is 6.41. The van der Waals surface area contributed by atoms with Crippen molar-refractivity contribution in [2.24, 2.45) is 0 Å². The summed E-state index contributed by atoms with van der Waals surface area (Å²) in [6, 6.07) is 12.3. The number of rotatable bonds is 2. The van der Waals surface area contributed by atoms with Crippen molar-refractivity contribution in [1.82, 2.24) is 14.5 Å². The molecule has 0 N–H and O–H groups in total. The van der Waals surface area contributed by atoms with Gasteiger partial charge in [0, 0.05) is 12.1 Å². The van der Waals surface area contributed by atoms with Crippen molar-refractivity contribution in [3.8, 4) is 5.82 Å². The normalized spacial score (nSPS) is 11.4. The number of imidazole rings is 1. The van der Waals surface area contributed by atoms with Crippen molar-refractivity contribution >= 4 is 11.0 Å².